The van der Waals surface area contributed by atoms with E-state index in [1.807, 2.05) is 0 Å². The molecule has 3 rings (SSSR count). The van der Waals surface area contributed by atoms with Crippen LogP contribution >= 0.6 is 0 Å². The molecule has 2 bridgehead atoms. The summed E-state index contributed by atoms with van der Waals surface area (Å²) < 4.78 is 37.2. The fourth-order valence-electron chi connectivity index (χ4n) is 2.61. The van der Waals surface area contributed by atoms with Crippen LogP contribution in [0.15, 0.2) is 0 Å². The Balaban J connectivity index is 1.92. The van der Waals surface area contributed by atoms with Crippen molar-refractivity contribution in [1.29, 1.82) is 0 Å². The summed E-state index contributed by atoms with van der Waals surface area (Å²) in [7, 11) is 0. The summed E-state index contributed by atoms with van der Waals surface area (Å²) in [6.45, 7) is 1.69. The van der Waals surface area contributed by atoms with Gasteiger partial charge in [0, 0.05) is 12.0 Å². The Morgan fingerprint density at radius 2 is 1.86 bits per heavy atom. The maximum atomic E-state index is 12.4. The molecular weight excluding hydrogens is 195 g/mol. The zero-order valence-corrected chi connectivity index (χ0v) is 7.87. The van der Waals surface area contributed by atoms with Gasteiger partial charge < -0.3 is 5.32 Å². The third-order valence-electron chi connectivity index (χ3n) is 3.36. The van der Waals surface area contributed by atoms with Gasteiger partial charge >= 0.3 is 6.18 Å². The summed E-state index contributed by atoms with van der Waals surface area (Å²) in [6, 6.07) is 0. The van der Waals surface area contributed by atoms with E-state index >= 15 is 0 Å². The first kappa shape index (κ1) is 9.80. The Hall–Kier alpha value is -0.740. The lowest BCUT2D eigenvalue weighted by Gasteiger charge is -2.70. The van der Waals surface area contributed by atoms with Gasteiger partial charge in [0.1, 0.15) is 0 Å². The van der Waals surface area contributed by atoms with Gasteiger partial charge in [-0.1, -0.05) is 6.92 Å². The fourth-order valence-corrected chi connectivity index (χ4v) is 2.61. The van der Waals surface area contributed by atoms with Crippen molar-refractivity contribution in [1.82, 2.24) is 5.32 Å². The van der Waals surface area contributed by atoms with Gasteiger partial charge in [-0.05, 0) is 19.3 Å². The lowest BCUT2D eigenvalue weighted by Crippen LogP contribution is -2.78. The van der Waals surface area contributed by atoms with Crippen molar-refractivity contribution in [2.24, 2.45) is 5.41 Å². The molecule has 0 aromatic carbocycles. The number of carbonyl (C=O) groups excluding carboxylic acids is 1. The topological polar surface area (TPSA) is 29.1 Å². The molecule has 3 fully saturated rings. The van der Waals surface area contributed by atoms with E-state index in [0.29, 0.717) is 6.42 Å². The van der Waals surface area contributed by atoms with Gasteiger partial charge in [0.15, 0.2) is 0 Å². The standard InChI is InChI=1S/C9H12F3NO/c1-2-6(14)13-8-3-7(4-8,5-8)9(10,11)12/h2-5H2,1H3,(H,13,14). The van der Waals surface area contributed by atoms with E-state index in [4.69, 9.17) is 0 Å². The monoisotopic (exact) mass is 207 g/mol. The maximum absolute atomic E-state index is 12.4. The van der Waals surface area contributed by atoms with E-state index in [1.54, 1.807) is 6.92 Å². The molecule has 2 nitrogen and oxygen atoms in total. The first-order valence-electron chi connectivity index (χ1n) is 4.70. The molecule has 1 N–H and O–H groups in total. The van der Waals surface area contributed by atoms with Gasteiger partial charge in [-0.2, -0.15) is 13.2 Å². The normalized spacial score (nSPS) is 39.7. The second-order valence-corrected chi connectivity index (χ2v) is 4.49. The largest absolute Gasteiger partial charge is 0.394 e. The predicted molar refractivity (Wildman–Crippen MR) is 43.5 cm³/mol. The van der Waals surface area contributed by atoms with E-state index in [2.05, 4.69) is 5.32 Å². The molecule has 0 unspecified atom stereocenters. The van der Waals surface area contributed by atoms with Crippen molar-refractivity contribution in [3.63, 3.8) is 0 Å². The molecule has 80 valence electrons. The van der Waals surface area contributed by atoms with Crippen molar-refractivity contribution in [3.8, 4) is 0 Å². The van der Waals surface area contributed by atoms with Crippen LogP contribution in [0.25, 0.3) is 0 Å². The minimum Gasteiger partial charge on any atom is -0.351 e. The molecule has 0 aliphatic heterocycles. The van der Waals surface area contributed by atoms with Gasteiger partial charge in [0.2, 0.25) is 5.91 Å². The number of alkyl halides is 3. The van der Waals surface area contributed by atoms with Crippen LogP contribution < -0.4 is 5.32 Å². The molecule has 3 aliphatic carbocycles. The Morgan fingerprint density at radius 3 is 2.21 bits per heavy atom. The molecule has 3 saturated carbocycles. The molecule has 14 heavy (non-hydrogen) atoms. The average Bonchev–Trinajstić information content (AvgIpc) is 1.90. The SMILES string of the molecule is CCC(=O)NC12CC(C(F)(F)F)(C1)C2. The van der Waals surface area contributed by atoms with Crippen LogP contribution in [0.3, 0.4) is 0 Å². The maximum Gasteiger partial charge on any atom is 0.394 e. The number of halogens is 3. The number of hydrogen-bond acceptors (Lipinski definition) is 1. The second-order valence-electron chi connectivity index (χ2n) is 4.49. The zero-order valence-electron chi connectivity index (χ0n) is 7.87. The summed E-state index contributed by atoms with van der Waals surface area (Å²) >= 11 is 0. The Kier molecular flexibility index (Phi) is 1.71. The van der Waals surface area contributed by atoms with Gasteiger partial charge in [0.25, 0.3) is 0 Å². The van der Waals surface area contributed by atoms with Crippen LogP contribution in [0, 0.1) is 5.41 Å². The van der Waals surface area contributed by atoms with Gasteiger partial charge in [-0.15, -0.1) is 0 Å². The van der Waals surface area contributed by atoms with E-state index in [1.165, 1.54) is 0 Å². The molecule has 0 aromatic heterocycles. The third-order valence-corrected chi connectivity index (χ3v) is 3.36. The number of amides is 1. The summed E-state index contributed by atoms with van der Waals surface area (Å²) in [5.74, 6) is -0.152. The van der Waals surface area contributed by atoms with Crippen LogP contribution in [0.2, 0.25) is 0 Å². The molecule has 0 spiro atoms. The highest BCUT2D eigenvalue weighted by Gasteiger charge is 2.78. The van der Waals surface area contributed by atoms with E-state index in [-0.39, 0.29) is 25.2 Å². The van der Waals surface area contributed by atoms with Crippen molar-refractivity contribution in [2.75, 3.05) is 0 Å². The molecule has 3 aliphatic rings. The second kappa shape index (κ2) is 2.44. The van der Waals surface area contributed by atoms with Crippen molar-refractivity contribution in [3.05, 3.63) is 0 Å². The Morgan fingerprint density at radius 1 is 1.36 bits per heavy atom. The molecule has 1 amide bonds. The van der Waals surface area contributed by atoms with Crippen LogP contribution in [0.5, 0.6) is 0 Å². The Bertz CT molecular complexity index is 264. The van der Waals surface area contributed by atoms with Crippen LogP contribution in [0.1, 0.15) is 32.6 Å². The minimum atomic E-state index is -4.09. The predicted octanol–water partition coefficient (Wildman–Crippen LogP) is 2.00. The highest BCUT2D eigenvalue weighted by molar-refractivity contribution is 5.77. The highest BCUT2D eigenvalue weighted by Crippen LogP contribution is 2.73. The molecule has 5 heteroatoms. The first-order chi connectivity index (χ1) is 6.33. The lowest BCUT2D eigenvalue weighted by molar-refractivity contribution is -0.337. The van der Waals surface area contributed by atoms with E-state index in [0.717, 1.165) is 0 Å². The molecule has 0 radical (unpaired) electrons. The summed E-state index contributed by atoms with van der Waals surface area (Å²) in [6.07, 6.45) is -3.52. The van der Waals surface area contributed by atoms with Crippen LogP contribution in [-0.2, 0) is 4.79 Å². The number of hydrogen-bond donors (Lipinski definition) is 1. The van der Waals surface area contributed by atoms with Crippen LogP contribution in [0.4, 0.5) is 13.2 Å². The van der Waals surface area contributed by atoms with Crippen molar-refractivity contribution >= 4 is 5.91 Å². The Labute approximate surface area is 79.9 Å². The van der Waals surface area contributed by atoms with E-state index in [9.17, 15) is 18.0 Å². The fraction of sp³-hybridized carbons (Fsp3) is 0.889. The van der Waals surface area contributed by atoms with E-state index < -0.39 is 17.1 Å². The smallest absolute Gasteiger partial charge is 0.351 e. The molecular formula is C9H12F3NO. The molecule has 0 heterocycles. The third kappa shape index (κ3) is 1.07. The minimum absolute atomic E-state index is 0.0786. The van der Waals surface area contributed by atoms with Gasteiger partial charge in [-0.3, -0.25) is 4.79 Å². The number of rotatable bonds is 2. The first-order valence-corrected chi connectivity index (χ1v) is 4.70. The summed E-state index contributed by atoms with van der Waals surface area (Å²) in [5, 5.41) is 2.67. The summed E-state index contributed by atoms with van der Waals surface area (Å²) in [4.78, 5) is 11.0. The number of nitrogens with one attached hydrogen (secondary N) is 1. The number of carbonyl (C=O) groups is 1. The van der Waals surface area contributed by atoms with Gasteiger partial charge in [0.05, 0.1) is 5.41 Å². The quantitative estimate of drug-likeness (QED) is 0.737. The molecule has 0 aromatic rings. The average molecular weight is 207 g/mol. The molecule has 0 saturated heterocycles. The highest BCUT2D eigenvalue weighted by atomic mass is 19.4. The summed E-state index contributed by atoms with van der Waals surface area (Å²) in [5.41, 5.74) is -1.98. The zero-order chi connectivity index (χ0) is 10.6. The van der Waals surface area contributed by atoms with Crippen LogP contribution in [-0.4, -0.2) is 17.6 Å². The van der Waals surface area contributed by atoms with Gasteiger partial charge in [-0.25, -0.2) is 0 Å². The lowest BCUT2D eigenvalue weighted by atomic mass is 9.39. The molecule has 0 atom stereocenters. The van der Waals surface area contributed by atoms with Crippen molar-refractivity contribution in [2.45, 2.75) is 44.3 Å². The van der Waals surface area contributed by atoms with Crippen molar-refractivity contribution < 1.29 is 18.0 Å².